The molecule has 0 bridgehead atoms. The fourth-order valence-corrected chi connectivity index (χ4v) is 2.64. The second-order valence-corrected chi connectivity index (χ2v) is 4.84. The van der Waals surface area contributed by atoms with Gasteiger partial charge in [-0.15, -0.1) is 16.4 Å². The highest BCUT2D eigenvalue weighted by atomic mass is 35.5. The Morgan fingerprint density at radius 1 is 1.41 bits per heavy atom. The number of hydrogen-bond acceptors (Lipinski definition) is 4. The van der Waals surface area contributed by atoms with Gasteiger partial charge in [0.1, 0.15) is 0 Å². The van der Waals surface area contributed by atoms with Crippen molar-refractivity contribution in [2.75, 3.05) is 0 Å². The van der Waals surface area contributed by atoms with E-state index < -0.39 is 0 Å². The summed E-state index contributed by atoms with van der Waals surface area (Å²) in [7, 11) is 0. The monoisotopic (exact) mass is 264 g/mol. The third-order valence-corrected chi connectivity index (χ3v) is 3.54. The van der Waals surface area contributed by atoms with Gasteiger partial charge in [-0.05, 0) is 12.1 Å². The predicted molar refractivity (Wildman–Crippen MR) is 69.2 cm³/mol. The molecular formula is C11H9ClN4S. The van der Waals surface area contributed by atoms with Crippen molar-refractivity contribution < 1.29 is 0 Å². The lowest BCUT2D eigenvalue weighted by atomic mass is 10.2. The lowest BCUT2D eigenvalue weighted by Gasteiger charge is -1.95. The number of nitrogens with two attached hydrogens (primary N) is 1. The molecule has 0 radical (unpaired) electrons. The first-order valence-electron chi connectivity index (χ1n) is 5.07. The van der Waals surface area contributed by atoms with Crippen LogP contribution in [0, 0.1) is 0 Å². The summed E-state index contributed by atoms with van der Waals surface area (Å²) in [6.45, 7) is 0.457. The van der Waals surface area contributed by atoms with Crippen molar-refractivity contribution in [3.8, 4) is 11.4 Å². The number of benzene rings is 1. The van der Waals surface area contributed by atoms with Gasteiger partial charge in [0, 0.05) is 22.5 Å². The average molecular weight is 265 g/mol. The molecule has 0 aliphatic rings. The highest BCUT2D eigenvalue weighted by Crippen LogP contribution is 2.22. The summed E-state index contributed by atoms with van der Waals surface area (Å²) in [5, 5.41) is 7.08. The maximum Gasteiger partial charge on any atom is 0.212 e. The zero-order chi connectivity index (χ0) is 11.8. The maximum absolute atomic E-state index is 5.95. The number of rotatable bonds is 2. The lowest BCUT2D eigenvalue weighted by Crippen LogP contribution is -2.00. The van der Waals surface area contributed by atoms with Crippen LogP contribution in [0.15, 0.2) is 29.6 Å². The lowest BCUT2D eigenvalue weighted by molar-refractivity contribution is 0.868. The molecule has 4 nitrogen and oxygen atoms in total. The summed E-state index contributed by atoms with van der Waals surface area (Å²) in [6, 6.07) is 7.50. The fraction of sp³-hybridized carbons (Fsp3) is 0.0909. The van der Waals surface area contributed by atoms with E-state index in [0.717, 1.165) is 16.2 Å². The Kier molecular flexibility index (Phi) is 2.58. The van der Waals surface area contributed by atoms with Crippen LogP contribution in [0.25, 0.3) is 16.3 Å². The molecule has 0 aliphatic heterocycles. The summed E-state index contributed by atoms with van der Waals surface area (Å²) >= 11 is 7.48. The number of aromatic nitrogens is 3. The Labute approximate surface area is 107 Å². The molecule has 0 spiro atoms. The van der Waals surface area contributed by atoms with Crippen LogP contribution >= 0.6 is 22.9 Å². The third kappa shape index (κ3) is 1.82. The van der Waals surface area contributed by atoms with E-state index in [1.165, 1.54) is 11.3 Å². The highest BCUT2D eigenvalue weighted by Gasteiger charge is 2.10. The summed E-state index contributed by atoms with van der Waals surface area (Å²) in [4.78, 5) is 5.30. The number of thiazole rings is 1. The van der Waals surface area contributed by atoms with Gasteiger partial charge in [-0.3, -0.25) is 0 Å². The maximum atomic E-state index is 5.95. The molecule has 2 aromatic heterocycles. The van der Waals surface area contributed by atoms with Crippen LogP contribution in [-0.2, 0) is 6.54 Å². The number of halogens is 1. The van der Waals surface area contributed by atoms with Gasteiger partial charge in [0.25, 0.3) is 0 Å². The van der Waals surface area contributed by atoms with Gasteiger partial charge in [-0.2, -0.15) is 4.98 Å². The van der Waals surface area contributed by atoms with Crippen LogP contribution < -0.4 is 5.73 Å². The number of hydrogen-bond donors (Lipinski definition) is 1. The molecule has 0 fully saturated rings. The van der Waals surface area contributed by atoms with Crippen LogP contribution in [0.4, 0.5) is 0 Å². The van der Waals surface area contributed by atoms with E-state index in [0.29, 0.717) is 17.4 Å². The van der Waals surface area contributed by atoms with Gasteiger partial charge in [-0.1, -0.05) is 23.7 Å². The minimum atomic E-state index is 0.457. The molecule has 0 unspecified atom stereocenters. The molecule has 0 saturated carbocycles. The van der Waals surface area contributed by atoms with Crippen molar-refractivity contribution in [2.45, 2.75) is 6.54 Å². The van der Waals surface area contributed by atoms with E-state index in [9.17, 15) is 0 Å². The normalized spacial score (nSPS) is 11.2. The molecule has 0 aliphatic carbocycles. The molecule has 17 heavy (non-hydrogen) atoms. The number of nitrogens with zero attached hydrogens (tertiary/aromatic N) is 3. The minimum Gasteiger partial charge on any atom is -0.325 e. The van der Waals surface area contributed by atoms with Gasteiger partial charge < -0.3 is 5.73 Å². The third-order valence-electron chi connectivity index (χ3n) is 2.44. The van der Waals surface area contributed by atoms with Gasteiger partial charge in [0.2, 0.25) is 4.96 Å². The SMILES string of the molecule is NCc1csc2nc(-c3cccc(Cl)c3)nn12. The van der Waals surface area contributed by atoms with Crippen molar-refractivity contribution in [1.82, 2.24) is 14.6 Å². The van der Waals surface area contributed by atoms with E-state index >= 15 is 0 Å². The topological polar surface area (TPSA) is 56.2 Å². The molecule has 1 aromatic carbocycles. The predicted octanol–water partition coefficient (Wildman–Crippen LogP) is 2.57. The van der Waals surface area contributed by atoms with Crippen LogP contribution in [0.2, 0.25) is 5.02 Å². The zero-order valence-corrected chi connectivity index (χ0v) is 10.4. The van der Waals surface area contributed by atoms with Crippen molar-refractivity contribution >= 4 is 27.9 Å². The summed E-state index contributed by atoms with van der Waals surface area (Å²) in [6.07, 6.45) is 0. The van der Waals surface area contributed by atoms with Gasteiger partial charge in [-0.25, -0.2) is 4.52 Å². The molecule has 3 rings (SSSR count). The molecule has 3 aromatic rings. The summed E-state index contributed by atoms with van der Waals surface area (Å²) in [5.74, 6) is 0.675. The van der Waals surface area contributed by atoms with Crippen LogP contribution in [0.5, 0.6) is 0 Å². The summed E-state index contributed by atoms with van der Waals surface area (Å²) in [5.41, 5.74) is 7.51. The number of fused-ring (bicyclic) bond motifs is 1. The first-order chi connectivity index (χ1) is 8.28. The van der Waals surface area contributed by atoms with Gasteiger partial charge >= 0.3 is 0 Å². The highest BCUT2D eigenvalue weighted by molar-refractivity contribution is 7.15. The Morgan fingerprint density at radius 2 is 2.29 bits per heavy atom. The quantitative estimate of drug-likeness (QED) is 0.774. The van der Waals surface area contributed by atoms with Gasteiger partial charge in [0.05, 0.1) is 5.69 Å². The molecule has 86 valence electrons. The van der Waals surface area contributed by atoms with Crippen LogP contribution in [-0.4, -0.2) is 14.6 Å². The van der Waals surface area contributed by atoms with Crippen molar-refractivity contribution in [3.63, 3.8) is 0 Å². The standard InChI is InChI=1S/C11H9ClN4S/c12-8-3-1-2-7(4-8)10-14-11-16(15-10)9(5-13)6-17-11/h1-4,6H,5,13H2. The Balaban J connectivity index is 2.15. The molecular weight excluding hydrogens is 256 g/mol. The molecule has 0 amide bonds. The first-order valence-corrected chi connectivity index (χ1v) is 6.33. The average Bonchev–Trinajstić information content (AvgIpc) is 2.87. The molecule has 0 atom stereocenters. The fourth-order valence-electron chi connectivity index (χ4n) is 1.62. The molecule has 2 heterocycles. The Bertz CT molecular complexity index is 673. The van der Waals surface area contributed by atoms with Crippen molar-refractivity contribution in [2.24, 2.45) is 5.73 Å². The largest absolute Gasteiger partial charge is 0.325 e. The first kappa shape index (κ1) is 10.7. The van der Waals surface area contributed by atoms with E-state index in [-0.39, 0.29) is 0 Å². The van der Waals surface area contributed by atoms with Gasteiger partial charge in [0.15, 0.2) is 5.82 Å². The minimum absolute atomic E-state index is 0.457. The second kappa shape index (κ2) is 4.10. The zero-order valence-electron chi connectivity index (χ0n) is 8.80. The Hall–Kier alpha value is -1.43. The van der Waals surface area contributed by atoms with E-state index in [4.69, 9.17) is 17.3 Å². The van der Waals surface area contributed by atoms with Crippen LogP contribution in [0.3, 0.4) is 0 Å². The van der Waals surface area contributed by atoms with E-state index in [1.807, 2.05) is 29.6 Å². The smallest absolute Gasteiger partial charge is 0.212 e. The van der Waals surface area contributed by atoms with E-state index in [1.54, 1.807) is 4.52 Å². The second-order valence-electron chi connectivity index (χ2n) is 3.57. The van der Waals surface area contributed by atoms with E-state index in [2.05, 4.69) is 10.1 Å². The molecule has 6 heteroatoms. The summed E-state index contributed by atoms with van der Waals surface area (Å²) < 4.78 is 1.78. The molecule has 0 saturated heterocycles. The van der Waals surface area contributed by atoms with Crippen molar-refractivity contribution in [1.29, 1.82) is 0 Å². The van der Waals surface area contributed by atoms with Crippen molar-refractivity contribution in [3.05, 3.63) is 40.4 Å². The van der Waals surface area contributed by atoms with Crippen LogP contribution in [0.1, 0.15) is 5.69 Å². The molecule has 2 N–H and O–H groups in total. The Morgan fingerprint density at radius 3 is 3.06 bits per heavy atom.